The Morgan fingerprint density at radius 2 is 1.30 bits per heavy atom. The Labute approximate surface area is 211 Å². The molecule has 8 heteroatoms. The first-order valence-electron chi connectivity index (χ1n) is 11.4. The van der Waals surface area contributed by atoms with Crippen LogP contribution in [0.3, 0.4) is 0 Å². The Hall–Kier alpha value is -4.59. The van der Waals surface area contributed by atoms with E-state index in [1.54, 1.807) is 36.4 Å². The molecule has 2 amide bonds. The number of rotatable bonds is 8. The summed E-state index contributed by atoms with van der Waals surface area (Å²) in [7, 11) is 0. The van der Waals surface area contributed by atoms with E-state index < -0.39 is 17.6 Å². The van der Waals surface area contributed by atoms with Crippen molar-refractivity contribution in [1.29, 1.82) is 0 Å². The molecular weight excluding hydrogens is 481 g/mol. The Balaban J connectivity index is 1.34. The highest BCUT2D eigenvalue weighted by Gasteiger charge is 2.30. The molecule has 0 fully saturated rings. The molecule has 0 atom stereocenters. The summed E-state index contributed by atoms with van der Waals surface area (Å²) in [6, 6.07) is 27.1. The van der Waals surface area contributed by atoms with E-state index >= 15 is 0 Å². The predicted molar refractivity (Wildman–Crippen MR) is 136 cm³/mol. The van der Waals surface area contributed by atoms with Crippen molar-refractivity contribution < 1.29 is 27.5 Å². The van der Waals surface area contributed by atoms with Crippen LogP contribution >= 0.6 is 0 Å². The largest absolute Gasteiger partial charge is 0.493 e. The lowest BCUT2D eigenvalue weighted by Gasteiger charge is -2.11. The monoisotopic (exact) mass is 504 g/mol. The van der Waals surface area contributed by atoms with E-state index in [1.807, 2.05) is 30.3 Å². The zero-order valence-corrected chi connectivity index (χ0v) is 19.6. The van der Waals surface area contributed by atoms with Crippen molar-refractivity contribution in [2.75, 3.05) is 17.2 Å². The first-order chi connectivity index (χ1) is 17.8. The number of carbonyl (C=O) groups excluding carboxylic acids is 2. The quantitative estimate of drug-likeness (QED) is 0.276. The fourth-order valence-electron chi connectivity index (χ4n) is 3.55. The van der Waals surface area contributed by atoms with Gasteiger partial charge in [-0.05, 0) is 66.2 Å². The topological polar surface area (TPSA) is 67.4 Å². The molecule has 0 spiro atoms. The number of amides is 2. The number of anilines is 2. The molecule has 0 aromatic heterocycles. The van der Waals surface area contributed by atoms with Crippen LogP contribution in [-0.4, -0.2) is 18.4 Å². The summed E-state index contributed by atoms with van der Waals surface area (Å²) in [5.74, 6) is -0.348. The van der Waals surface area contributed by atoms with Crippen LogP contribution in [0, 0.1) is 0 Å². The normalized spacial score (nSPS) is 11.0. The maximum atomic E-state index is 12.9. The average Bonchev–Trinajstić information content (AvgIpc) is 2.89. The summed E-state index contributed by atoms with van der Waals surface area (Å²) >= 11 is 0. The van der Waals surface area contributed by atoms with E-state index in [4.69, 9.17) is 4.74 Å². The van der Waals surface area contributed by atoms with Gasteiger partial charge < -0.3 is 15.4 Å². The van der Waals surface area contributed by atoms with Gasteiger partial charge in [-0.25, -0.2) is 0 Å². The molecule has 0 bridgehead atoms. The highest BCUT2D eigenvalue weighted by Crippen LogP contribution is 2.30. The van der Waals surface area contributed by atoms with Crippen LogP contribution in [0.2, 0.25) is 0 Å². The molecule has 0 aliphatic rings. The number of hydrogen-bond donors (Lipinski definition) is 2. The predicted octanol–water partition coefficient (Wildman–Crippen LogP) is 6.83. The van der Waals surface area contributed by atoms with Crippen molar-refractivity contribution in [1.82, 2.24) is 0 Å². The smallest absolute Gasteiger partial charge is 0.416 e. The molecule has 0 radical (unpaired) electrons. The van der Waals surface area contributed by atoms with Gasteiger partial charge in [0, 0.05) is 28.9 Å². The molecule has 0 saturated heterocycles. The second kappa shape index (κ2) is 11.4. The van der Waals surface area contributed by atoms with Crippen molar-refractivity contribution in [3.63, 3.8) is 0 Å². The van der Waals surface area contributed by atoms with Gasteiger partial charge in [-0.1, -0.05) is 42.5 Å². The van der Waals surface area contributed by atoms with Gasteiger partial charge in [-0.15, -0.1) is 0 Å². The molecule has 0 saturated carbocycles. The lowest BCUT2D eigenvalue weighted by molar-refractivity contribution is -0.137. The number of nitrogens with one attached hydrogen (secondary N) is 2. The Bertz CT molecular complexity index is 1370. The molecule has 5 nitrogen and oxygen atoms in total. The minimum absolute atomic E-state index is 0.0142. The van der Waals surface area contributed by atoms with Gasteiger partial charge in [0.2, 0.25) is 0 Å². The lowest BCUT2D eigenvalue weighted by atomic mass is 10.1. The number of ether oxygens (including phenoxy) is 1. The molecule has 0 heterocycles. The summed E-state index contributed by atoms with van der Waals surface area (Å²) in [5.41, 5.74) is 1.26. The molecule has 188 valence electrons. The van der Waals surface area contributed by atoms with Gasteiger partial charge >= 0.3 is 6.18 Å². The Kier molecular flexibility index (Phi) is 7.88. The number of halogens is 3. The van der Waals surface area contributed by atoms with Crippen molar-refractivity contribution >= 4 is 23.2 Å². The zero-order valence-electron chi connectivity index (χ0n) is 19.6. The molecule has 4 aromatic carbocycles. The van der Waals surface area contributed by atoms with E-state index in [0.29, 0.717) is 23.6 Å². The van der Waals surface area contributed by atoms with Gasteiger partial charge in [-0.3, -0.25) is 9.59 Å². The van der Waals surface area contributed by atoms with E-state index in [-0.39, 0.29) is 17.2 Å². The van der Waals surface area contributed by atoms with Crippen LogP contribution < -0.4 is 15.4 Å². The minimum Gasteiger partial charge on any atom is -0.493 e. The molecular formula is C29H23F3N2O3. The molecule has 0 aliphatic carbocycles. The average molecular weight is 505 g/mol. The van der Waals surface area contributed by atoms with Gasteiger partial charge in [0.05, 0.1) is 12.2 Å². The van der Waals surface area contributed by atoms with Crippen molar-refractivity contribution in [3.8, 4) is 5.75 Å². The van der Waals surface area contributed by atoms with Crippen LogP contribution in [0.25, 0.3) is 0 Å². The summed E-state index contributed by atoms with van der Waals surface area (Å²) in [6.45, 7) is 0.505. The number of hydrogen-bond acceptors (Lipinski definition) is 3. The van der Waals surface area contributed by atoms with Crippen molar-refractivity contribution in [2.45, 2.75) is 12.6 Å². The fraction of sp³-hybridized carbons (Fsp3) is 0.103. The van der Waals surface area contributed by atoms with Crippen LogP contribution in [-0.2, 0) is 12.6 Å². The highest BCUT2D eigenvalue weighted by molar-refractivity contribution is 6.07. The van der Waals surface area contributed by atoms with Gasteiger partial charge in [0.1, 0.15) is 5.75 Å². The maximum Gasteiger partial charge on any atom is 0.416 e. The third-order valence-electron chi connectivity index (χ3n) is 5.45. The van der Waals surface area contributed by atoms with Crippen LogP contribution in [0.1, 0.15) is 31.8 Å². The van der Waals surface area contributed by atoms with Gasteiger partial charge in [-0.2, -0.15) is 13.2 Å². The number of benzene rings is 4. The molecule has 0 unspecified atom stereocenters. The van der Waals surface area contributed by atoms with E-state index in [0.717, 1.165) is 18.6 Å². The third kappa shape index (κ3) is 7.20. The van der Waals surface area contributed by atoms with Crippen LogP contribution in [0.4, 0.5) is 24.5 Å². The number of alkyl halides is 3. The summed E-state index contributed by atoms with van der Waals surface area (Å²) in [4.78, 5) is 25.2. The van der Waals surface area contributed by atoms with Gasteiger partial charge in [0.15, 0.2) is 0 Å². The summed E-state index contributed by atoms with van der Waals surface area (Å²) < 4.78 is 44.5. The minimum atomic E-state index is -4.52. The Morgan fingerprint density at radius 1 is 0.676 bits per heavy atom. The van der Waals surface area contributed by atoms with Crippen LogP contribution in [0.15, 0.2) is 103 Å². The molecule has 4 rings (SSSR count). The van der Waals surface area contributed by atoms with Crippen LogP contribution in [0.5, 0.6) is 5.75 Å². The maximum absolute atomic E-state index is 12.9. The first kappa shape index (κ1) is 25.5. The van der Waals surface area contributed by atoms with E-state index in [1.165, 1.54) is 29.8 Å². The lowest BCUT2D eigenvalue weighted by Crippen LogP contribution is -2.15. The highest BCUT2D eigenvalue weighted by atomic mass is 19.4. The standard InChI is InChI=1S/C29H23F3N2O3/c30-29(31,32)23-9-5-11-25(19-23)34-28(36)22-8-4-10-24(18-22)33-27(35)21-12-14-26(15-13-21)37-17-16-20-6-2-1-3-7-20/h1-15,18-19H,16-17H2,(H,33,35)(H,34,36). The molecule has 4 aromatic rings. The fourth-order valence-corrected chi connectivity index (χ4v) is 3.55. The Morgan fingerprint density at radius 3 is 1.97 bits per heavy atom. The van der Waals surface area contributed by atoms with E-state index in [2.05, 4.69) is 10.6 Å². The zero-order chi connectivity index (χ0) is 26.3. The summed E-state index contributed by atoms with van der Waals surface area (Å²) in [6.07, 6.45) is -3.75. The molecule has 2 N–H and O–H groups in total. The molecule has 0 aliphatic heterocycles. The number of carbonyl (C=O) groups is 2. The second-order valence-electron chi connectivity index (χ2n) is 8.18. The van der Waals surface area contributed by atoms with Gasteiger partial charge in [0.25, 0.3) is 11.8 Å². The third-order valence-corrected chi connectivity index (χ3v) is 5.45. The second-order valence-corrected chi connectivity index (χ2v) is 8.18. The SMILES string of the molecule is O=C(Nc1cccc(C(=O)Nc2cccc(C(F)(F)F)c2)c1)c1ccc(OCCc2ccccc2)cc1. The molecule has 37 heavy (non-hydrogen) atoms. The summed E-state index contributed by atoms with van der Waals surface area (Å²) in [5, 5.41) is 5.17. The van der Waals surface area contributed by atoms with Crippen molar-refractivity contribution in [3.05, 3.63) is 125 Å². The van der Waals surface area contributed by atoms with Crippen molar-refractivity contribution in [2.24, 2.45) is 0 Å². The van der Waals surface area contributed by atoms with E-state index in [9.17, 15) is 22.8 Å². The first-order valence-corrected chi connectivity index (χ1v) is 11.4.